The smallest absolute Gasteiger partial charge is 0.0715 e. The van der Waals surface area contributed by atoms with Crippen molar-refractivity contribution in [1.29, 1.82) is 0 Å². The third-order valence-corrected chi connectivity index (χ3v) is 5.03. The Hall–Kier alpha value is -0.0800. The van der Waals surface area contributed by atoms with Crippen LogP contribution < -0.4 is 5.73 Å². The lowest BCUT2D eigenvalue weighted by Crippen LogP contribution is -2.56. The van der Waals surface area contributed by atoms with Crippen LogP contribution >= 0.6 is 0 Å². The molecule has 2 nitrogen and oxygen atoms in total. The van der Waals surface area contributed by atoms with Gasteiger partial charge in [-0.2, -0.15) is 0 Å². The molecule has 0 aliphatic heterocycles. The summed E-state index contributed by atoms with van der Waals surface area (Å²) < 4.78 is 0. The van der Waals surface area contributed by atoms with Gasteiger partial charge in [-0.1, -0.05) is 26.2 Å². The quantitative estimate of drug-likeness (QED) is 0.689. The molecule has 2 fully saturated rings. The standard InChI is InChI=1S/C13H25NO/c1-11-4-2-8-13(15,9-5-11)12(10-14)6-3-7-12/h11,15H,2-10,14H2,1H3. The fourth-order valence-electron chi connectivity index (χ4n) is 3.49. The zero-order valence-corrected chi connectivity index (χ0v) is 9.97. The lowest BCUT2D eigenvalue weighted by Gasteiger charge is -2.53. The van der Waals surface area contributed by atoms with Gasteiger partial charge in [-0.25, -0.2) is 0 Å². The van der Waals surface area contributed by atoms with Crippen molar-refractivity contribution in [3.63, 3.8) is 0 Å². The van der Waals surface area contributed by atoms with Gasteiger partial charge < -0.3 is 10.8 Å². The minimum absolute atomic E-state index is 0.0804. The summed E-state index contributed by atoms with van der Waals surface area (Å²) in [5.41, 5.74) is 5.55. The summed E-state index contributed by atoms with van der Waals surface area (Å²) >= 11 is 0. The van der Waals surface area contributed by atoms with Crippen LogP contribution in [-0.4, -0.2) is 17.3 Å². The van der Waals surface area contributed by atoms with Crippen molar-refractivity contribution in [2.45, 2.75) is 63.9 Å². The number of aliphatic hydroxyl groups is 1. The Labute approximate surface area is 93.2 Å². The second-order valence-corrected chi connectivity index (χ2v) is 5.91. The van der Waals surface area contributed by atoms with Crippen molar-refractivity contribution in [2.75, 3.05) is 6.54 Å². The number of hydrogen-bond acceptors (Lipinski definition) is 2. The van der Waals surface area contributed by atoms with E-state index in [2.05, 4.69) is 6.92 Å². The maximum absolute atomic E-state index is 10.9. The summed E-state index contributed by atoms with van der Waals surface area (Å²) in [4.78, 5) is 0. The molecule has 2 atom stereocenters. The zero-order valence-electron chi connectivity index (χ0n) is 9.97. The van der Waals surface area contributed by atoms with Gasteiger partial charge in [0, 0.05) is 12.0 Å². The summed E-state index contributed by atoms with van der Waals surface area (Å²) in [6.45, 7) is 2.99. The van der Waals surface area contributed by atoms with Gasteiger partial charge >= 0.3 is 0 Å². The summed E-state index contributed by atoms with van der Waals surface area (Å²) in [5, 5.41) is 10.9. The second-order valence-electron chi connectivity index (χ2n) is 5.91. The first-order valence-electron chi connectivity index (χ1n) is 6.54. The molecule has 0 radical (unpaired) electrons. The average molecular weight is 211 g/mol. The van der Waals surface area contributed by atoms with E-state index in [1.807, 2.05) is 0 Å². The van der Waals surface area contributed by atoms with Gasteiger partial charge in [-0.05, 0) is 38.0 Å². The first-order chi connectivity index (χ1) is 7.12. The molecule has 0 heterocycles. The Morgan fingerprint density at radius 3 is 2.40 bits per heavy atom. The van der Waals surface area contributed by atoms with Crippen LogP contribution in [0.3, 0.4) is 0 Å². The lowest BCUT2D eigenvalue weighted by atomic mass is 9.56. The molecule has 0 saturated heterocycles. The van der Waals surface area contributed by atoms with Crippen LogP contribution in [0.1, 0.15) is 58.3 Å². The van der Waals surface area contributed by atoms with E-state index < -0.39 is 5.60 Å². The highest BCUT2D eigenvalue weighted by Gasteiger charge is 2.52. The first kappa shape index (κ1) is 11.4. The fourth-order valence-corrected chi connectivity index (χ4v) is 3.49. The van der Waals surface area contributed by atoms with Crippen molar-refractivity contribution >= 4 is 0 Å². The predicted octanol–water partition coefficient (Wildman–Crippen LogP) is 2.45. The molecule has 88 valence electrons. The van der Waals surface area contributed by atoms with Crippen molar-refractivity contribution in [1.82, 2.24) is 0 Å². The Balaban J connectivity index is 2.10. The van der Waals surface area contributed by atoms with E-state index in [1.54, 1.807) is 0 Å². The van der Waals surface area contributed by atoms with Gasteiger partial charge in [0.25, 0.3) is 0 Å². The topological polar surface area (TPSA) is 46.2 Å². The van der Waals surface area contributed by atoms with Crippen LogP contribution in [0.4, 0.5) is 0 Å². The number of nitrogens with two attached hydrogens (primary N) is 1. The Morgan fingerprint density at radius 2 is 1.87 bits per heavy atom. The van der Waals surface area contributed by atoms with E-state index in [-0.39, 0.29) is 5.41 Å². The van der Waals surface area contributed by atoms with Crippen LogP contribution in [0.15, 0.2) is 0 Å². The number of rotatable bonds is 2. The highest BCUT2D eigenvalue weighted by atomic mass is 16.3. The third kappa shape index (κ3) is 1.83. The fraction of sp³-hybridized carbons (Fsp3) is 1.00. The number of hydrogen-bond donors (Lipinski definition) is 2. The van der Waals surface area contributed by atoms with Crippen molar-refractivity contribution < 1.29 is 5.11 Å². The zero-order chi connectivity index (χ0) is 10.9. The van der Waals surface area contributed by atoms with Gasteiger partial charge in [0.1, 0.15) is 0 Å². The molecule has 0 amide bonds. The molecule has 0 aromatic carbocycles. The SMILES string of the molecule is CC1CCCC(O)(C2(CN)CCC2)CC1. The summed E-state index contributed by atoms with van der Waals surface area (Å²) in [7, 11) is 0. The van der Waals surface area contributed by atoms with Gasteiger partial charge in [0.15, 0.2) is 0 Å². The third-order valence-electron chi connectivity index (χ3n) is 5.03. The summed E-state index contributed by atoms with van der Waals surface area (Å²) in [6, 6.07) is 0. The molecule has 0 aromatic heterocycles. The molecule has 2 saturated carbocycles. The first-order valence-corrected chi connectivity index (χ1v) is 6.54. The second kappa shape index (κ2) is 4.06. The minimum Gasteiger partial charge on any atom is -0.389 e. The van der Waals surface area contributed by atoms with Crippen LogP contribution in [0.2, 0.25) is 0 Å². The van der Waals surface area contributed by atoms with Crippen LogP contribution in [-0.2, 0) is 0 Å². The van der Waals surface area contributed by atoms with Gasteiger partial charge in [0.05, 0.1) is 5.60 Å². The summed E-state index contributed by atoms with van der Waals surface area (Å²) in [5.74, 6) is 0.786. The van der Waals surface area contributed by atoms with E-state index in [0.29, 0.717) is 6.54 Å². The molecule has 2 aliphatic carbocycles. The molecular formula is C13H25NO. The van der Waals surface area contributed by atoms with E-state index in [9.17, 15) is 5.11 Å². The Kier molecular flexibility index (Phi) is 3.09. The van der Waals surface area contributed by atoms with Crippen molar-refractivity contribution in [3.05, 3.63) is 0 Å². The molecule has 2 heteroatoms. The van der Waals surface area contributed by atoms with E-state index in [4.69, 9.17) is 5.73 Å². The molecule has 3 N–H and O–H groups in total. The molecule has 0 bridgehead atoms. The van der Waals surface area contributed by atoms with Crippen molar-refractivity contribution in [3.8, 4) is 0 Å². The van der Waals surface area contributed by atoms with Crippen LogP contribution in [0.5, 0.6) is 0 Å². The molecule has 2 rings (SSSR count). The van der Waals surface area contributed by atoms with Gasteiger partial charge in [0.2, 0.25) is 0 Å². The Morgan fingerprint density at radius 1 is 1.13 bits per heavy atom. The maximum atomic E-state index is 10.9. The molecule has 0 spiro atoms. The predicted molar refractivity (Wildman–Crippen MR) is 62.5 cm³/mol. The molecule has 0 aromatic rings. The molecule has 2 aliphatic rings. The summed E-state index contributed by atoms with van der Waals surface area (Å²) in [6.07, 6.45) is 9.15. The monoisotopic (exact) mass is 211 g/mol. The van der Waals surface area contributed by atoms with E-state index in [0.717, 1.165) is 31.6 Å². The van der Waals surface area contributed by atoms with Crippen LogP contribution in [0, 0.1) is 11.3 Å². The Bertz CT molecular complexity index is 219. The van der Waals surface area contributed by atoms with Gasteiger partial charge in [-0.15, -0.1) is 0 Å². The van der Waals surface area contributed by atoms with E-state index in [1.165, 1.54) is 25.7 Å². The van der Waals surface area contributed by atoms with Gasteiger partial charge in [-0.3, -0.25) is 0 Å². The highest BCUT2D eigenvalue weighted by Crippen LogP contribution is 2.53. The molecular weight excluding hydrogens is 186 g/mol. The minimum atomic E-state index is -0.440. The van der Waals surface area contributed by atoms with E-state index >= 15 is 0 Å². The largest absolute Gasteiger partial charge is 0.389 e. The van der Waals surface area contributed by atoms with Crippen LogP contribution in [0.25, 0.3) is 0 Å². The van der Waals surface area contributed by atoms with Crippen molar-refractivity contribution in [2.24, 2.45) is 17.1 Å². The average Bonchev–Trinajstić information content (AvgIpc) is 2.29. The maximum Gasteiger partial charge on any atom is 0.0715 e. The normalized spacial score (nSPS) is 40.6. The lowest BCUT2D eigenvalue weighted by molar-refractivity contribution is -0.132. The molecule has 2 unspecified atom stereocenters. The molecule has 15 heavy (non-hydrogen) atoms. The highest BCUT2D eigenvalue weighted by molar-refractivity contribution is 5.05.